The maximum Gasteiger partial charge on any atom is 0.234 e. The van der Waals surface area contributed by atoms with E-state index in [-0.39, 0.29) is 30.4 Å². The van der Waals surface area contributed by atoms with E-state index in [4.69, 9.17) is 0 Å². The zero-order valence-corrected chi connectivity index (χ0v) is 9.59. The van der Waals surface area contributed by atoms with Crippen LogP contribution in [0.25, 0.3) is 10.8 Å². The number of nitrogens with zero attached hydrogens (tertiary/aromatic N) is 1. The number of anilines is 1. The molecule has 1 aliphatic rings. The summed E-state index contributed by atoms with van der Waals surface area (Å²) < 4.78 is 0. The zero-order chi connectivity index (χ0) is 12.7. The fourth-order valence-electron chi connectivity index (χ4n) is 2.31. The monoisotopic (exact) mass is 241 g/mol. The van der Waals surface area contributed by atoms with Crippen molar-refractivity contribution in [1.29, 1.82) is 0 Å². The van der Waals surface area contributed by atoms with E-state index in [0.717, 1.165) is 0 Å². The number of rotatable bonds is 1. The topological polar surface area (TPSA) is 57.6 Å². The first-order chi connectivity index (χ1) is 8.68. The second-order valence-corrected chi connectivity index (χ2v) is 4.27. The maximum absolute atomic E-state index is 11.8. The number of benzene rings is 2. The Bertz CT molecular complexity index is 647. The van der Waals surface area contributed by atoms with Gasteiger partial charge in [0.25, 0.3) is 0 Å². The molecule has 18 heavy (non-hydrogen) atoms. The van der Waals surface area contributed by atoms with Crippen molar-refractivity contribution in [2.45, 2.75) is 12.8 Å². The van der Waals surface area contributed by atoms with Crippen LogP contribution >= 0.6 is 0 Å². The minimum Gasteiger partial charge on any atom is -0.507 e. The van der Waals surface area contributed by atoms with Crippen molar-refractivity contribution in [3.05, 3.63) is 36.4 Å². The van der Waals surface area contributed by atoms with Gasteiger partial charge in [0.05, 0.1) is 5.69 Å². The largest absolute Gasteiger partial charge is 0.507 e. The zero-order valence-electron chi connectivity index (χ0n) is 9.59. The third kappa shape index (κ3) is 1.46. The predicted octanol–water partition coefficient (Wildman–Crippen LogP) is 2.20. The Morgan fingerprint density at radius 2 is 1.50 bits per heavy atom. The van der Waals surface area contributed by atoms with Gasteiger partial charge in [-0.1, -0.05) is 24.3 Å². The fraction of sp³-hybridized carbons (Fsp3) is 0.143. The molecule has 0 spiro atoms. The van der Waals surface area contributed by atoms with E-state index in [9.17, 15) is 14.7 Å². The average molecular weight is 241 g/mol. The van der Waals surface area contributed by atoms with Crippen LogP contribution < -0.4 is 4.90 Å². The molecule has 0 unspecified atom stereocenters. The van der Waals surface area contributed by atoms with Crippen LogP contribution in [0.2, 0.25) is 0 Å². The number of imide groups is 1. The normalized spacial score (nSPS) is 15.7. The number of aromatic hydroxyl groups is 1. The fourth-order valence-corrected chi connectivity index (χ4v) is 2.31. The van der Waals surface area contributed by atoms with Gasteiger partial charge in [0, 0.05) is 23.6 Å². The molecule has 2 amide bonds. The minimum atomic E-state index is -0.184. The lowest BCUT2D eigenvalue weighted by Gasteiger charge is -2.16. The van der Waals surface area contributed by atoms with E-state index in [0.29, 0.717) is 16.5 Å². The van der Waals surface area contributed by atoms with Gasteiger partial charge in [0.15, 0.2) is 0 Å². The first kappa shape index (κ1) is 10.8. The van der Waals surface area contributed by atoms with E-state index in [1.807, 2.05) is 6.07 Å². The third-order valence-corrected chi connectivity index (χ3v) is 3.17. The van der Waals surface area contributed by atoms with E-state index < -0.39 is 0 Å². The molecule has 1 heterocycles. The summed E-state index contributed by atoms with van der Waals surface area (Å²) in [4.78, 5) is 24.7. The van der Waals surface area contributed by atoms with Crippen molar-refractivity contribution in [2.75, 3.05) is 4.90 Å². The molecule has 0 aliphatic carbocycles. The lowest BCUT2D eigenvalue weighted by Crippen LogP contribution is -2.28. The van der Waals surface area contributed by atoms with Gasteiger partial charge >= 0.3 is 0 Å². The second kappa shape index (κ2) is 3.84. The van der Waals surface area contributed by atoms with Crippen LogP contribution in [0.15, 0.2) is 36.4 Å². The van der Waals surface area contributed by atoms with E-state index in [2.05, 4.69) is 0 Å². The molecule has 90 valence electrons. The Kier molecular flexibility index (Phi) is 2.30. The molecule has 4 nitrogen and oxygen atoms in total. The molecule has 1 aliphatic heterocycles. The van der Waals surface area contributed by atoms with Crippen LogP contribution in [-0.4, -0.2) is 16.9 Å². The van der Waals surface area contributed by atoms with Gasteiger partial charge in [-0.15, -0.1) is 0 Å². The minimum absolute atomic E-state index is 0.147. The molecule has 0 saturated carbocycles. The van der Waals surface area contributed by atoms with Crippen molar-refractivity contribution in [3.8, 4) is 5.75 Å². The Labute approximate surface area is 103 Å². The average Bonchev–Trinajstić information content (AvgIpc) is 2.71. The van der Waals surface area contributed by atoms with Gasteiger partial charge in [-0.3, -0.25) is 9.59 Å². The van der Waals surface area contributed by atoms with Crippen LogP contribution in [0.4, 0.5) is 5.69 Å². The van der Waals surface area contributed by atoms with Crippen molar-refractivity contribution in [3.63, 3.8) is 0 Å². The third-order valence-electron chi connectivity index (χ3n) is 3.17. The van der Waals surface area contributed by atoms with Crippen molar-refractivity contribution >= 4 is 28.3 Å². The smallest absolute Gasteiger partial charge is 0.234 e. The van der Waals surface area contributed by atoms with Crippen molar-refractivity contribution in [1.82, 2.24) is 0 Å². The SMILES string of the molecule is O=C1CCC(=O)N1c1ccc(O)c2ccccc12. The molecule has 1 saturated heterocycles. The highest BCUT2D eigenvalue weighted by Crippen LogP contribution is 2.34. The predicted molar refractivity (Wildman–Crippen MR) is 67.3 cm³/mol. The number of phenols is 1. The van der Waals surface area contributed by atoms with Gasteiger partial charge in [0.2, 0.25) is 11.8 Å². The molecule has 2 aromatic carbocycles. The van der Waals surface area contributed by atoms with Gasteiger partial charge in [-0.25, -0.2) is 4.90 Å². The van der Waals surface area contributed by atoms with Crippen LogP contribution in [0.3, 0.4) is 0 Å². The quantitative estimate of drug-likeness (QED) is 0.778. The molecule has 4 heteroatoms. The van der Waals surface area contributed by atoms with Crippen LogP contribution in [0.1, 0.15) is 12.8 Å². The standard InChI is InChI=1S/C14H11NO3/c16-12-6-5-11(9-3-1-2-4-10(9)12)15-13(17)7-8-14(15)18/h1-6,16H,7-8H2. The van der Waals surface area contributed by atoms with Gasteiger partial charge in [0.1, 0.15) is 5.75 Å². The number of carbonyl (C=O) groups is 2. The molecule has 1 fully saturated rings. The second-order valence-electron chi connectivity index (χ2n) is 4.27. The van der Waals surface area contributed by atoms with Gasteiger partial charge < -0.3 is 5.11 Å². The van der Waals surface area contributed by atoms with Crippen molar-refractivity contribution in [2.24, 2.45) is 0 Å². The van der Waals surface area contributed by atoms with Crippen molar-refractivity contribution < 1.29 is 14.7 Å². The molecule has 0 atom stereocenters. The van der Waals surface area contributed by atoms with Crippen LogP contribution in [-0.2, 0) is 9.59 Å². The molecular weight excluding hydrogens is 230 g/mol. The van der Waals surface area contributed by atoms with Gasteiger partial charge in [-0.2, -0.15) is 0 Å². The maximum atomic E-state index is 11.8. The number of amides is 2. The Morgan fingerprint density at radius 3 is 2.17 bits per heavy atom. The summed E-state index contributed by atoms with van der Waals surface area (Å²) in [6, 6.07) is 10.3. The Balaban J connectivity index is 2.27. The molecule has 0 bridgehead atoms. The molecule has 3 rings (SSSR count). The molecule has 0 aromatic heterocycles. The molecule has 2 aromatic rings. The number of phenolic OH excluding ortho intramolecular Hbond substituents is 1. The highest BCUT2D eigenvalue weighted by atomic mass is 16.3. The molecule has 0 radical (unpaired) electrons. The lowest BCUT2D eigenvalue weighted by atomic mass is 10.1. The first-order valence-electron chi connectivity index (χ1n) is 5.75. The summed E-state index contributed by atoms with van der Waals surface area (Å²) in [5.74, 6) is -0.222. The van der Waals surface area contributed by atoms with Crippen LogP contribution in [0.5, 0.6) is 5.75 Å². The lowest BCUT2D eigenvalue weighted by molar-refractivity contribution is -0.121. The summed E-state index contributed by atoms with van der Waals surface area (Å²) in [6.45, 7) is 0. The Hall–Kier alpha value is -2.36. The Morgan fingerprint density at radius 1 is 0.889 bits per heavy atom. The number of fused-ring (bicyclic) bond motifs is 1. The summed E-state index contributed by atoms with van der Waals surface area (Å²) in [6.07, 6.45) is 0.516. The summed E-state index contributed by atoms with van der Waals surface area (Å²) in [5.41, 5.74) is 0.552. The summed E-state index contributed by atoms with van der Waals surface area (Å²) in [5, 5.41) is 11.1. The van der Waals surface area contributed by atoms with E-state index in [1.165, 1.54) is 11.0 Å². The van der Waals surface area contributed by atoms with E-state index >= 15 is 0 Å². The number of carbonyl (C=O) groups excluding carboxylic acids is 2. The highest BCUT2D eigenvalue weighted by Gasteiger charge is 2.31. The van der Waals surface area contributed by atoms with Crippen LogP contribution in [0, 0.1) is 0 Å². The molecular formula is C14H11NO3. The first-order valence-corrected chi connectivity index (χ1v) is 5.75. The van der Waals surface area contributed by atoms with Gasteiger partial charge in [-0.05, 0) is 12.1 Å². The number of hydrogen-bond acceptors (Lipinski definition) is 3. The molecule has 1 N–H and O–H groups in total. The highest BCUT2D eigenvalue weighted by molar-refractivity contribution is 6.23. The van der Waals surface area contributed by atoms with E-state index in [1.54, 1.807) is 24.3 Å². The summed E-state index contributed by atoms with van der Waals surface area (Å²) in [7, 11) is 0. The summed E-state index contributed by atoms with van der Waals surface area (Å²) >= 11 is 0. The number of hydrogen-bond donors (Lipinski definition) is 1.